The Morgan fingerprint density at radius 3 is 2.84 bits per heavy atom. The van der Waals surface area contributed by atoms with Gasteiger partial charge in [0.25, 0.3) is 10.0 Å². The molecule has 0 saturated heterocycles. The second-order valence-corrected chi connectivity index (χ2v) is 8.23. The fraction of sp³-hybridized carbons (Fsp3) is 0.250. The van der Waals surface area contributed by atoms with Gasteiger partial charge in [0.15, 0.2) is 0 Å². The van der Waals surface area contributed by atoms with E-state index in [0.29, 0.717) is 26.7 Å². The van der Waals surface area contributed by atoms with Gasteiger partial charge in [-0.1, -0.05) is 0 Å². The summed E-state index contributed by atoms with van der Waals surface area (Å²) in [6, 6.07) is 6.06. The molecule has 2 heterocycles. The largest absolute Gasteiger partial charge is 0.462 e. The number of carbonyl (C=O) groups excluding carboxylic acids is 2. The highest BCUT2D eigenvalue weighted by atomic mass is 32.2. The van der Waals surface area contributed by atoms with Crippen LogP contribution in [-0.2, 0) is 26.0 Å². The van der Waals surface area contributed by atoms with Crippen molar-refractivity contribution >= 4 is 43.9 Å². The van der Waals surface area contributed by atoms with Crippen LogP contribution in [0.4, 0.5) is 10.7 Å². The van der Waals surface area contributed by atoms with Crippen molar-refractivity contribution < 1.29 is 22.7 Å². The van der Waals surface area contributed by atoms with Gasteiger partial charge in [-0.25, -0.2) is 13.2 Å². The zero-order valence-electron chi connectivity index (χ0n) is 13.6. The minimum Gasteiger partial charge on any atom is -0.462 e. The molecular formula is C16H16N2O5S2. The van der Waals surface area contributed by atoms with E-state index in [1.54, 1.807) is 26.0 Å². The summed E-state index contributed by atoms with van der Waals surface area (Å²) in [4.78, 5) is 23.7. The van der Waals surface area contributed by atoms with Crippen molar-refractivity contribution in [1.82, 2.24) is 0 Å². The number of ether oxygens (including phenoxy) is 1. The number of amides is 1. The maximum Gasteiger partial charge on any atom is 0.348 e. The van der Waals surface area contributed by atoms with Gasteiger partial charge < -0.3 is 10.1 Å². The normalized spacial score (nSPS) is 13.3. The summed E-state index contributed by atoms with van der Waals surface area (Å²) in [5.74, 6) is -0.636. The summed E-state index contributed by atoms with van der Waals surface area (Å²) in [5, 5.41) is 2.99. The molecule has 0 atom stereocenters. The number of aryl methyl sites for hydroxylation is 1. The first kappa shape index (κ1) is 17.4. The van der Waals surface area contributed by atoms with Crippen molar-refractivity contribution in [1.29, 1.82) is 0 Å². The zero-order valence-corrected chi connectivity index (χ0v) is 15.2. The van der Waals surface area contributed by atoms with Crippen LogP contribution in [0.2, 0.25) is 0 Å². The van der Waals surface area contributed by atoms with Gasteiger partial charge >= 0.3 is 5.97 Å². The molecule has 0 saturated carbocycles. The summed E-state index contributed by atoms with van der Waals surface area (Å²) in [6.07, 6.45) is 0.157. The molecule has 132 valence electrons. The summed E-state index contributed by atoms with van der Waals surface area (Å²) >= 11 is 1.02. The van der Waals surface area contributed by atoms with Crippen molar-refractivity contribution in [3.8, 4) is 0 Å². The van der Waals surface area contributed by atoms with E-state index in [4.69, 9.17) is 4.74 Å². The van der Waals surface area contributed by atoms with Gasteiger partial charge in [-0.15, -0.1) is 11.3 Å². The first-order chi connectivity index (χ1) is 11.8. The Kier molecular flexibility index (Phi) is 4.53. The molecule has 0 fully saturated rings. The topological polar surface area (TPSA) is 102 Å². The minimum atomic E-state index is -3.82. The molecule has 2 aromatic rings. The van der Waals surface area contributed by atoms with Crippen molar-refractivity contribution in [2.75, 3.05) is 16.6 Å². The maximum atomic E-state index is 12.6. The number of fused-ring (bicyclic) bond motifs is 1. The zero-order chi connectivity index (χ0) is 18.2. The Bertz CT molecular complexity index is 963. The standard InChI is InChI=1S/C16H16N2O5S2/c1-3-23-16(20)15-9(2)6-14(24-15)18-25(21,22)11-4-5-12-10(7-11)8-13(19)17-12/h4-7,18H,3,8H2,1-2H3,(H,17,19). The molecule has 7 nitrogen and oxygen atoms in total. The van der Waals surface area contributed by atoms with Crippen LogP contribution in [0.5, 0.6) is 0 Å². The van der Waals surface area contributed by atoms with E-state index >= 15 is 0 Å². The number of rotatable bonds is 5. The maximum absolute atomic E-state index is 12.6. The monoisotopic (exact) mass is 380 g/mol. The van der Waals surface area contributed by atoms with Gasteiger partial charge in [-0.3, -0.25) is 9.52 Å². The van der Waals surface area contributed by atoms with Crippen molar-refractivity contribution in [2.45, 2.75) is 25.2 Å². The molecule has 9 heteroatoms. The molecule has 1 aliphatic heterocycles. The molecule has 3 rings (SSSR count). The summed E-state index contributed by atoms with van der Waals surface area (Å²) < 4.78 is 32.6. The molecule has 2 N–H and O–H groups in total. The van der Waals surface area contributed by atoms with E-state index in [9.17, 15) is 18.0 Å². The fourth-order valence-electron chi connectivity index (χ4n) is 2.50. The number of thiophene rings is 1. The number of carbonyl (C=O) groups is 2. The minimum absolute atomic E-state index is 0.0616. The highest BCUT2D eigenvalue weighted by Crippen LogP contribution is 2.31. The first-order valence-electron chi connectivity index (χ1n) is 7.53. The van der Waals surface area contributed by atoms with Crippen molar-refractivity contribution in [2.24, 2.45) is 0 Å². The third-order valence-corrected chi connectivity index (χ3v) is 6.25. The van der Waals surface area contributed by atoms with Crippen molar-refractivity contribution in [3.63, 3.8) is 0 Å². The third-order valence-electron chi connectivity index (χ3n) is 3.63. The van der Waals surface area contributed by atoms with E-state index in [1.165, 1.54) is 12.1 Å². The van der Waals surface area contributed by atoms with Gasteiger partial charge in [0.2, 0.25) is 5.91 Å². The molecule has 1 amide bonds. The van der Waals surface area contributed by atoms with Crippen LogP contribution in [-0.4, -0.2) is 26.9 Å². The van der Waals surface area contributed by atoms with Crippen LogP contribution >= 0.6 is 11.3 Å². The van der Waals surface area contributed by atoms with Crippen LogP contribution < -0.4 is 10.0 Å². The molecule has 25 heavy (non-hydrogen) atoms. The number of hydrogen-bond donors (Lipinski definition) is 2. The lowest BCUT2D eigenvalue weighted by Gasteiger charge is -2.07. The number of nitrogens with one attached hydrogen (secondary N) is 2. The highest BCUT2D eigenvalue weighted by molar-refractivity contribution is 7.93. The van der Waals surface area contributed by atoms with E-state index in [2.05, 4.69) is 10.0 Å². The van der Waals surface area contributed by atoms with Gasteiger partial charge in [0, 0.05) is 5.69 Å². The molecule has 1 aromatic heterocycles. The van der Waals surface area contributed by atoms with E-state index < -0.39 is 16.0 Å². The number of benzene rings is 1. The Morgan fingerprint density at radius 2 is 2.12 bits per heavy atom. The van der Waals surface area contributed by atoms with Crippen LogP contribution in [0.15, 0.2) is 29.2 Å². The number of anilines is 2. The molecule has 0 bridgehead atoms. The first-order valence-corrected chi connectivity index (χ1v) is 9.83. The second-order valence-electron chi connectivity index (χ2n) is 5.49. The van der Waals surface area contributed by atoms with Gasteiger partial charge in [-0.2, -0.15) is 0 Å². The lowest BCUT2D eigenvalue weighted by Crippen LogP contribution is -2.12. The van der Waals surface area contributed by atoms with E-state index in [-0.39, 0.29) is 23.8 Å². The number of esters is 1. The summed E-state index contributed by atoms with van der Waals surface area (Å²) in [5.41, 5.74) is 1.91. The van der Waals surface area contributed by atoms with E-state index in [1.807, 2.05) is 0 Å². The molecule has 0 aliphatic carbocycles. The van der Waals surface area contributed by atoms with Gasteiger partial charge in [0.1, 0.15) is 9.88 Å². The quantitative estimate of drug-likeness (QED) is 0.776. The predicted octanol–water partition coefficient (Wildman–Crippen LogP) is 2.53. The van der Waals surface area contributed by atoms with Crippen LogP contribution in [0, 0.1) is 6.92 Å². The highest BCUT2D eigenvalue weighted by Gasteiger charge is 2.23. The summed E-state index contributed by atoms with van der Waals surface area (Å²) in [7, 11) is -3.82. The molecule has 0 unspecified atom stereocenters. The van der Waals surface area contributed by atoms with Crippen molar-refractivity contribution in [3.05, 3.63) is 40.3 Å². The Balaban J connectivity index is 1.85. The molecular weight excluding hydrogens is 364 g/mol. The molecule has 0 spiro atoms. The van der Waals surface area contributed by atoms with Gasteiger partial charge in [-0.05, 0) is 49.2 Å². The summed E-state index contributed by atoms with van der Waals surface area (Å²) in [6.45, 7) is 3.67. The van der Waals surface area contributed by atoms with Crippen LogP contribution in [0.25, 0.3) is 0 Å². The second kappa shape index (κ2) is 6.49. The smallest absolute Gasteiger partial charge is 0.348 e. The molecule has 1 aliphatic rings. The fourth-order valence-corrected chi connectivity index (χ4v) is 4.80. The average Bonchev–Trinajstić information content (AvgIpc) is 3.07. The Hall–Kier alpha value is -2.39. The SMILES string of the molecule is CCOC(=O)c1sc(NS(=O)(=O)c2ccc3c(c2)CC(=O)N3)cc1C. The Morgan fingerprint density at radius 1 is 1.36 bits per heavy atom. The number of sulfonamides is 1. The lowest BCUT2D eigenvalue weighted by atomic mass is 10.2. The van der Waals surface area contributed by atoms with Crippen LogP contribution in [0.3, 0.4) is 0 Å². The average molecular weight is 380 g/mol. The molecule has 1 aromatic carbocycles. The van der Waals surface area contributed by atoms with Crippen LogP contribution in [0.1, 0.15) is 27.7 Å². The molecule has 0 radical (unpaired) electrons. The Labute approximate surface area is 149 Å². The number of hydrogen-bond acceptors (Lipinski definition) is 6. The van der Waals surface area contributed by atoms with E-state index in [0.717, 1.165) is 11.3 Å². The predicted molar refractivity (Wildman–Crippen MR) is 94.6 cm³/mol. The lowest BCUT2D eigenvalue weighted by molar-refractivity contribution is -0.115. The van der Waals surface area contributed by atoms with Gasteiger partial charge in [0.05, 0.1) is 17.9 Å². The third kappa shape index (κ3) is 3.52.